The molecule has 0 fully saturated rings. The van der Waals surface area contributed by atoms with Crippen LogP contribution in [0.5, 0.6) is 23.0 Å². The molecule has 31 heavy (non-hydrogen) atoms. The average Bonchev–Trinajstić information content (AvgIpc) is 2.76. The molecule has 0 aliphatic carbocycles. The number of fused-ring (bicyclic) bond motifs is 1. The Hall–Kier alpha value is -3.15. The van der Waals surface area contributed by atoms with Crippen molar-refractivity contribution < 1.29 is 24.8 Å². The Morgan fingerprint density at radius 2 is 1.52 bits per heavy atom. The number of unbranched alkanes of at least 4 members (excludes halogenated alkanes) is 5. The third-order valence-electron chi connectivity index (χ3n) is 5.78. The Morgan fingerprint density at radius 3 is 2.19 bits per heavy atom. The summed E-state index contributed by atoms with van der Waals surface area (Å²) in [4.78, 5) is 12.8. The molecule has 6 heteroatoms. The zero-order chi connectivity index (χ0) is 22.5. The molecule has 1 unspecified atom stereocenters. The highest BCUT2D eigenvalue weighted by Crippen LogP contribution is 2.41. The van der Waals surface area contributed by atoms with Crippen molar-refractivity contribution in [2.24, 2.45) is 0 Å². The molecule has 0 bridgehead atoms. The average molecular weight is 427 g/mol. The van der Waals surface area contributed by atoms with E-state index in [2.05, 4.69) is 13.8 Å². The molecule has 2 aromatic carbocycles. The summed E-state index contributed by atoms with van der Waals surface area (Å²) in [5, 5.41) is 39.7. The van der Waals surface area contributed by atoms with Crippen LogP contribution in [0.15, 0.2) is 39.5 Å². The van der Waals surface area contributed by atoms with Crippen molar-refractivity contribution in [2.75, 3.05) is 0 Å². The molecular formula is C25H30O6. The fourth-order valence-corrected chi connectivity index (χ4v) is 3.84. The molecule has 0 aliphatic rings. The zero-order valence-corrected chi connectivity index (χ0v) is 18.0. The monoisotopic (exact) mass is 426 g/mol. The van der Waals surface area contributed by atoms with E-state index in [0.29, 0.717) is 5.58 Å². The Balaban J connectivity index is 1.85. The molecule has 4 N–H and O–H groups in total. The number of phenols is 3. The fraction of sp³-hybridized carbons (Fsp3) is 0.400. The minimum absolute atomic E-state index is 0.0739. The van der Waals surface area contributed by atoms with Crippen LogP contribution in [-0.2, 0) is 0 Å². The Kier molecular flexibility index (Phi) is 7.10. The topological polar surface area (TPSA) is 111 Å². The molecule has 0 aliphatic heterocycles. The van der Waals surface area contributed by atoms with Gasteiger partial charge in [-0.3, -0.25) is 4.79 Å². The van der Waals surface area contributed by atoms with E-state index in [-0.39, 0.29) is 22.6 Å². The zero-order valence-electron chi connectivity index (χ0n) is 18.0. The Bertz CT molecular complexity index is 1090. The summed E-state index contributed by atoms with van der Waals surface area (Å²) in [5.74, 6) is -2.38. The summed E-state index contributed by atoms with van der Waals surface area (Å²) in [6, 6.07) is 7.59. The van der Waals surface area contributed by atoms with Crippen molar-refractivity contribution in [3.05, 3.63) is 46.1 Å². The molecule has 3 aromatic rings. The minimum Gasteiger partial charge on any atom is -0.504 e. The number of rotatable bonds is 9. The highest BCUT2D eigenvalue weighted by molar-refractivity contribution is 5.83. The second-order valence-corrected chi connectivity index (χ2v) is 8.19. The number of hydrogen-bond donors (Lipinski definition) is 4. The Morgan fingerprint density at radius 1 is 0.871 bits per heavy atom. The van der Waals surface area contributed by atoms with Crippen molar-refractivity contribution in [1.82, 2.24) is 0 Å². The van der Waals surface area contributed by atoms with Gasteiger partial charge in [-0.1, -0.05) is 58.4 Å². The summed E-state index contributed by atoms with van der Waals surface area (Å²) >= 11 is 0. The van der Waals surface area contributed by atoms with Crippen molar-refractivity contribution >= 4 is 11.0 Å². The summed E-state index contributed by atoms with van der Waals surface area (Å²) in [5.41, 5.74) is 0.794. The van der Waals surface area contributed by atoms with E-state index in [1.54, 1.807) is 12.1 Å². The minimum atomic E-state index is -0.685. The Labute approximate surface area is 181 Å². The SMILES string of the molecule is CCCCCCCCC(C)c1ccc2oc(-c3cc(O)c(O)c(O)c3)c(O)c(=O)c2c1. The molecule has 0 radical (unpaired) electrons. The molecular weight excluding hydrogens is 396 g/mol. The van der Waals surface area contributed by atoms with Crippen molar-refractivity contribution in [3.63, 3.8) is 0 Å². The summed E-state index contributed by atoms with van der Waals surface area (Å²) in [7, 11) is 0. The second-order valence-electron chi connectivity index (χ2n) is 8.19. The number of hydrogen-bond acceptors (Lipinski definition) is 6. The van der Waals surface area contributed by atoms with E-state index in [9.17, 15) is 25.2 Å². The maximum Gasteiger partial charge on any atom is 0.235 e. The van der Waals surface area contributed by atoms with Crippen LogP contribution < -0.4 is 5.43 Å². The van der Waals surface area contributed by atoms with Gasteiger partial charge in [0.05, 0.1) is 5.39 Å². The normalized spacial score (nSPS) is 12.3. The molecule has 6 nitrogen and oxygen atoms in total. The predicted octanol–water partition coefficient (Wildman–Crippen LogP) is 6.14. The van der Waals surface area contributed by atoms with Crippen LogP contribution in [0.1, 0.15) is 70.3 Å². The lowest BCUT2D eigenvalue weighted by Gasteiger charge is -2.13. The smallest absolute Gasteiger partial charge is 0.235 e. The molecule has 0 amide bonds. The molecule has 1 atom stereocenters. The maximum atomic E-state index is 12.8. The summed E-state index contributed by atoms with van der Waals surface area (Å²) < 4.78 is 5.73. The van der Waals surface area contributed by atoms with Crippen LogP contribution in [0.2, 0.25) is 0 Å². The molecule has 0 saturated heterocycles. The lowest BCUT2D eigenvalue weighted by Crippen LogP contribution is -2.04. The van der Waals surface area contributed by atoms with Crippen molar-refractivity contribution in [1.29, 1.82) is 0 Å². The lowest BCUT2D eigenvalue weighted by atomic mass is 9.93. The van der Waals surface area contributed by atoms with E-state index in [1.165, 1.54) is 32.1 Å². The van der Waals surface area contributed by atoms with Crippen molar-refractivity contribution in [3.8, 4) is 34.3 Å². The third kappa shape index (κ3) is 4.95. The van der Waals surface area contributed by atoms with E-state index in [0.717, 1.165) is 30.5 Å². The van der Waals surface area contributed by atoms with Crippen LogP contribution in [0, 0.1) is 0 Å². The van der Waals surface area contributed by atoms with E-state index >= 15 is 0 Å². The lowest BCUT2D eigenvalue weighted by molar-refractivity contribution is 0.368. The molecule has 1 aromatic heterocycles. The van der Waals surface area contributed by atoms with Gasteiger partial charge in [0.2, 0.25) is 11.2 Å². The highest BCUT2D eigenvalue weighted by Gasteiger charge is 2.19. The standard InChI is InChI=1S/C25H30O6/c1-3-4-5-6-7-8-9-15(2)16-10-11-21-18(12-16)22(28)24(30)25(31-21)17-13-19(26)23(29)20(27)14-17/h10-15,26-27,29-30H,3-9H2,1-2H3. The van der Waals surface area contributed by atoms with Crippen LogP contribution in [0.3, 0.4) is 0 Å². The van der Waals surface area contributed by atoms with Gasteiger partial charge < -0.3 is 24.8 Å². The van der Waals surface area contributed by atoms with Gasteiger partial charge in [-0.05, 0) is 42.2 Å². The van der Waals surface area contributed by atoms with E-state index in [4.69, 9.17) is 4.42 Å². The third-order valence-corrected chi connectivity index (χ3v) is 5.78. The quantitative estimate of drug-likeness (QED) is 0.242. The summed E-state index contributed by atoms with van der Waals surface area (Å²) in [6.07, 6.45) is 8.41. The van der Waals surface area contributed by atoms with Gasteiger partial charge in [0.15, 0.2) is 23.0 Å². The molecule has 3 rings (SSSR count). The van der Waals surface area contributed by atoms with Crippen molar-refractivity contribution in [2.45, 2.75) is 64.7 Å². The van der Waals surface area contributed by atoms with E-state index < -0.39 is 28.4 Å². The van der Waals surface area contributed by atoms with Gasteiger partial charge in [-0.2, -0.15) is 0 Å². The highest BCUT2D eigenvalue weighted by atomic mass is 16.4. The largest absolute Gasteiger partial charge is 0.504 e. The maximum absolute atomic E-state index is 12.8. The van der Waals surface area contributed by atoms with Crippen LogP contribution >= 0.6 is 0 Å². The van der Waals surface area contributed by atoms with Gasteiger partial charge in [-0.15, -0.1) is 0 Å². The van der Waals surface area contributed by atoms with Crippen LogP contribution in [0.25, 0.3) is 22.3 Å². The van der Waals surface area contributed by atoms with Gasteiger partial charge >= 0.3 is 0 Å². The first-order valence-corrected chi connectivity index (χ1v) is 10.9. The predicted molar refractivity (Wildman–Crippen MR) is 121 cm³/mol. The molecule has 0 saturated carbocycles. The van der Waals surface area contributed by atoms with Gasteiger partial charge in [0.1, 0.15) is 5.58 Å². The number of aromatic hydroxyl groups is 4. The van der Waals surface area contributed by atoms with Crippen LogP contribution in [-0.4, -0.2) is 20.4 Å². The first-order chi connectivity index (χ1) is 14.8. The summed E-state index contributed by atoms with van der Waals surface area (Å²) in [6.45, 7) is 4.34. The van der Waals surface area contributed by atoms with Crippen LogP contribution in [0.4, 0.5) is 0 Å². The van der Waals surface area contributed by atoms with Gasteiger partial charge in [0.25, 0.3) is 0 Å². The van der Waals surface area contributed by atoms with E-state index in [1.807, 2.05) is 6.07 Å². The first-order valence-electron chi connectivity index (χ1n) is 10.9. The second kappa shape index (κ2) is 9.77. The molecule has 0 spiro atoms. The molecule has 1 heterocycles. The number of benzene rings is 2. The number of phenolic OH excluding ortho intramolecular Hbond substituents is 3. The van der Waals surface area contributed by atoms with Gasteiger partial charge in [0, 0.05) is 5.56 Å². The molecule has 166 valence electrons. The first kappa shape index (κ1) is 22.5. The fourth-order valence-electron chi connectivity index (χ4n) is 3.84. The van der Waals surface area contributed by atoms with Gasteiger partial charge in [-0.25, -0.2) is 0 Å².